The Bertz CT molecular complexity index is 88.7. The average molecular weight is 142 g/mol. The lowest BCUT2D eigenvalue weighted by atomic mass is 10.0. The van der Waals surface area contributed by atoms with Crippen LogP contribution in [0.4, 0.5) is 0 Å². The first kappa shape index (κ1) is 7.20. The molecule has 0 atom stereocenters. The standard InChI is InChI=1S/C8H14S/c9-7-3-6-8-4-1-2-5-8/h1-2,8-9H,3-7H2. The van der Waals surface area contributed by atoms with E-state index in [1.165, 1.54) is 25.7 Å². The Kier molecular flexibility index (Phi) is 3.20. The molecule has 0 aromatic heterocycles. The maximum absolute atomic E-state index is 4.17. The highest BCUT2D eigenvalue weighted by Gasteiger charge is 2.07. The molecule has 1 rings (SSSR count). The van der Waals surface area contributed by atoms with Crippen LogP contribution < -0.4 is 0 Å². The Hall–Kier alpha value is 0.0900. The molecule has 9 heavy (non-hydrogen) atoms. The quantitative estimate of drug-likeness (QED) is 0.454. The largest absolute Gasteiger partial charge is 0.179 e. The van der Waals surface area contributed by atoms with Crippen LogP contribution in [0.2, 0.25) is 0 Å². The van der Waals surface area contributed by atoms with Crippen LogP contribution in [0.5, 0.6) is 0 Å². The van der Waals surface area contributed by atoms with Crippen molar-refractivity contribution in [1.29, 1.82) is 0 Å². The molecule has 0 aromatic carbocycles. The minimum absolute atomic E-state index is 0.956. The lowest BCUT2D eigenvalue weighted by Gasteiger charge is -2.05. The summed E-state index contributed by atoms with van der Waals surface area (Å²) in [6, 6.07) is 0. The third-order valence-electron chi connectivity index (χ3n) is 1.88. The van der Waals surface area contributed by atoms with Gasteiger partial charge in [0, 0.05) is 0 Å². The van der Waals surface area contributed by atoms with Gasteiger partial charge in [-0.25, -0.2) is 0 Å². The van der Waals surface area contributed by atoms with Gasteiger partial charge in [0.2, 0.25) is 0 Å². The van der Waals surface area contributed by atoms with E-state index in [-0.39, 0.29) is 0 Å². The lowest BCUT2D eigenvalue weighted by molar-refractivity contribution is 0.516. The summed E-state index contributed by atoms with van der Waals surface area (Å²) in [6.45, 7) is 0. The summed E-state index contributed by atoms with van der Waals surface area (Å²) >= 11 is 4.17. The van der Waals surface area contributed by atoms with Gasteiger partial charge in [-0.2, -0.15) is 12.6 Å². The van der Waals surface area contributed by atoms with Gasteiger partial charge < -0.3 is 0 Å². The zero-order valence-electron chi connectivity index (χ0n) is 5.71. The molecule has 1 heteroatoms. The molecule has 1 aliphatic carbocycles. The third kappa shape index (κ3) is 2.44. The molecule has 0 aliphatic heterocycles. The first-order valence-electron chi connectivity index (χ1n) is 3.69. The van der Waals surface area contributed by atoms with Crippen molar-refractivity contribution < 1.29 is 0 Å². The highest BCUT2D eigenvalue weighted by atomic mass is 32.1. The summed E-state index contributed by atoms with van der Waals surface area (Å²) in [4.78, 5) is 0. The van der Waals surface area contributed by atoms with Crippen LogP contribution in [0.25, 0.3) is 0 Å². The van der Waals surface area contributed by atoms with E-state index in [4.69, 9.17) is 0 Å². The number of hydrogen-bond acceptors (Lipinski definition) is 1. The van der Waals surface area contributed by atoms with Crippen molar-refractivity contribution in [3.8, 4) is 0 Å². The highest BCUT2D eigenvalue weighted by molar-refractivity contribution is 7.80. The Morgan fingerprint density at radius 3 is 2.56 bits per heavy atom. The first-order valence-corrected chi connectivity index (χ1v) is 4.32. The summed E-state index contributed by atoms with van der Waals surface area (Å²) in [5.41, 5.74) is 0. The predicted molar refractivity (Wildman–Crippen MR) is 45.0 cm³/mol. The van der Waals surface area contributed by atoms with Crippen molar-refractivity contribution in [1.82, 2.24) is 0 Å². The van der Waals surface area contributed by atoms with Crippen LogP contribution in [-0.4, -0.2) is 5.75 Å². The minimum Gasteiger partial charge on any atom is -0.179 e. The summed E-state index contributed by atoms with van der Waals surface area (Å²) in [5, 5.41) is 0. The lowest BCUT2D eigenvalue weighted by Crippen LogP contribution is -1.93. The van der Waals surface area contributed by atoms with Gasteiger partial charge >= 0.3 is 0 Å². The Morgan fingerprint density at radius 2 is 2.00 bits per heavy atom. The zero-order valence-corrected chi connectivity index (χ0v) is 6.61. The van der Waals surface area contributed by atoms with Crippen molar-refractivity contribution >= 4 is 12.6 Å². The summed E-state index contributed by atoms with van der Waals surface area (Å²) in [6.07, 6.45) is 9.87. The zero-order chi connectivity index (χ0) is 6.53. The molecule has 52 valence electrons. The van der Waals surface area contributed by atoms with E-state index in [9.17, 15) is 0 Å². The molecule has 0 nitrogen and oxygen atoms in total. The summed E-state index contributed by atoms with van der Waals surface area (Å²) in [5.74, 6) is 2.01. The molecule has 0 fully saturated rings. The van der Waals surface area contributed by atoms with Crippen LogP contribution in [0.15, 0.2) is 12.2 Å². The van der Waals surface area contributed by atoms with Crippen molar-refractivity contribution in [3.05, 3.63) is 12.2 Å². The van der Waals surface area contributed by atoms with E-state index >= 15 is 0 Å². The fourth-order valence-electron chi connectivity index (χ4n) is 1.29. The smallest absolute Gasteiger partial charge is 0.00978 e. The van der Waals surface area contributed by atoms with E-state index in [2.05, 4.69) is 24.8 Å². The van der Waals surface area contributed by atoms with Crippen LogP contribution in [-0.2, 0) is 0 Å². The third-order valence-corrected chi connectivity index (χ3v) is 2.19. The molecule has 0 radical (unpaired) electrons. The van der Waals surface area contributed by atoms with Crippen molar-refractivity contribution in [2.45, 2.75) is 25.7 Å². The van der Waals surface area contributed by atoms with Gasteiger partial charge in [-0.1, -0.05) is 12.2 Å². The van der Waals surface area contributed by atoms with E-state index < -0.39 is 0 Å². The Morgan fingerprint density at radius 1 is 1.33 bits per heavy atom. The maximum atomic E-state index is 4.17. The topological polar surface area (TPSA) is 0 Å². The highest BCUT2D eigenvalue weighted by Crippen LogP contribution is 2.22. The number of hydrogen-bond donors (Lipinski definition) is 1. The normalized spacial score (nSPS) is 19.2. The monoisotopic (exact) mass is 142 g/mol. The van der Waals surface area contributed by atoms with Gasteiger partial charge in [0.1, 0.15) is 0 Å². The second-order valence-electron chi connectivity index (χ2n) is 2.67. The average Bonchev–Trinajstić information content (AvgIpc) is 2.34. The fourth-order valence-corrected chi connectivity index (χ4v) is 1.47. The van der Waals surface area contributed by atoms with Crippen LogP contribution in [0.3, 0.4) is 0 Å². The van der Waals surface area contributed by atoms with Crippen LogP contribution in [0.1, 0.15) is 25.7 Å². The van der Waals surface area contributed by atoms with E-state index in [1.54, 1.807) is 0 Å². The summed E-state index contributed by atoms with van der Waals surface area (Å²) in [7, 11) is 0. The SMILES string of the molecule is SCCCC1CC=CC1. The Labute approximate surface area is 62.8 Å². The molecular formula is C8H14S. The molecule has 0 saturated heterocycles. The first-order chi connectivity index (χ1) is 4.43. The van der Waals surface area contributed by atoms with Gasteiger partial charge in [0.25, 0.3) is 0 Å². The number of thiol groups is 1. The molecule has 0 unspecified atom stereocenters. The van der Waals surface area contributed by atoms with Gasteiger partial charge in [-0.05, 0) is 37.4 Å². The fraction of sp³-hybridized carbons (Fsp3) is 0.750. The molecule has 0 aromatic rings. The van der Waals surface area contributed by atoms with E-state index in [0.29, 0.717) is 0 Å². The van der Waals surface area contributed by atoms with Crippen molar-refractivity contribution in [2.24, 2.45) is 5.92 Å². The molecule has 0 bridgehead atoms. The Balaban J connectivity index is 2.01. The molecule has 1 aliphatic rings. The molecular weight excluding hydrogens is 128 g/mol. The molecule has 0 spiro atoms. The number of allylic oxidation sites excluding steroid dienone is 2. The second kappa shape index (κ2) is 3.99. The van der Waals surface area contributed by atoms with Gasteiger partial charge in [0.05, 0.1) is 0 Å². The number of rotatable bonds is 3. The molecule has 0 amide bonds. The van der Waals surface area contributed by atoms with Crippen LogP contribution >= 0.6 is 12.6 Å². The van der Waals surface area contributed by atoms with E-state index in [0.717, 1.165) is 11.7 Å². The van der Waals surface area contributed by atoms with Gasteiger partial charge in [-0.15, -0.1) is 0 Å². The van der Waals surface area contributed by atoms with Gasteiger partial charge in [-0.3, -0.25) is 0 Å². The molecule has 0 saturated carbocycles. The maximum Gasteiger partial charge on any atom is -0.00978 e. The van der Waals surface area contributed by atoms with E-state index in [1.807, 2.05) is 0 Å². The minimum atomic E-state index is 0.956. The second-order valence-corrected chi connectivity index (χ2v) is 3.12. The van der Waals surface area contributed by atoms with Crippen LogP contribution in [0, 0.1) is 5.92 Å². The predicted octanol–water partition coefficient (Wildman–Crippen LogP) is 2.66. The van der Waals surface area contributed by atoms with Gasteiger partial charge in [0.15, 0.2) is 0 Å². The molecule has 0 N–H and O–H groups in total. The molecule has 0 heterocycles. The summed E-state index contributed by atoms with van der Waals surface area (Å²) < 4.78 is 0. The van der Waals surface area contributed by atoms with Crippen molar-refractivity contribution in [3.63, 3.8) is 0 Å². The van der Waals surface area contributed by atoms with Crippen molar-refractivity contribution in [2.75, 3.05) is 5.75 Å².